The van der Waals surface area contributed by atoms with E-state index in [2.05, 4.69) is 0 Å². The van der Waals surface area contributed by atoms with E-state index in [4.69, 9.17) is 33.9 Å². The Labute approximate surface area is 174 Å². The Kier molecular flexibility index (Phi) is 6.53. The average molecular weight is 417 g/mol. The molecule has 3 rings (SSSR count). The molecule has 0 aliphatic carbocycles. The second-order valence-corrected chi connectivity index (χ2v) is 7.05. The maximum Gasteiger partial charge on any atom is 0.283 e. The van der Waals surface area contributed by atoms with Gasteiger partial charge in [-0.25, -0.2) is 0 Å². The molecular weight excluding hydrogens is 396 g/mol. The summed E-state index contributed by atoms with van der Waals surface area (Å²) in [6.45, 7) is 1.000. The molecule has 2 aromatic carbocycles. The van der Waals surface area contributed by atoms with Crippen LogP contribution in [0.1, 0.15) is 24.0 Å². The fourth-order valence-electron chi connectivity index (χ4n) is 3.22. The molecule has 1 atom stereocenters. The number of hydrogen-bond donors (Lipinski definition) is 0. The molecule has 6 nitrogen and oxygen atoms in total. The van der Waals surface area contributed by atoms with Crippen LogP contribution in [0.25, 0.3) is 0 Å². The highest BCUT2D eigenvalue weighted by Crippen LogP contribution is 2.37. The fraction of sp³-hybridized carbons (Fsp3) is 0.300. The summed E-state index contributed by atoms with van der Waals surface area (Å²) in [6, 6.07) is 12.5. The predicted molar refractivity (Wildman–Crippen MR) is 116 cm³/mol. The second kappa shape index (κ2) is 9.07. The van der Waals surface area contributed by atoms with E-state index >= 15 is 0 Å². The highest BCUT2D eigenvalue weighted by Gasteiger charge is 2.30. The Balaban J connectivity index is 1.93. The van der Waals surface area contributed by atoms with Crippen LogP contribution in [0.4, 0.5) is 5.69 Å². The maximum atomic E-state index is 11.7. The first-order valence-corrected chi connectivity index (χ1v) is 9.72. The van der Waals surface area contributed by atoms with Crippen LogP contribution in [0.2, 0.25) is 0 Å². The monoisotopic (exact) mass is 416 g/mol. The van der Waals surface area contributed by atoms with Gasteiger partial charge in [0.15, 0.2) is 11.5 Å². The second-order valence-electron chi connectivity index (χ2n) is 6.40. The highest BCUT2D eigenvalue weighted by atomic mass is 32.1. The number of likely N-dealkylation sites (tertiary alicyclic amines) is 1. The summed E-state index contributed by atoms with van der Waals surface area (Å²) in [5.74, 6) is 0.703. The maximum absolute atomic E-state index is 11.7. The minimum atomic E-state index is -0.445. The largest absolute Gasteiger partial charge is 0.493 e. The Morgan fingerprint density at radius 3 is 2.71 bits per heavy atom. The minimum Gasteiger partial charge on any atom is -0.493 e. The molecule has 1 saturated heterocycles. The number of nitro benzene ring substituents is 1. The van der Waals surface area contributed by atoms with E-state index in [-0.39, 0.29) is 18.3 Å². The summed E-state index contributed by atoms with van der Waals surface area (Å²) in [4.78, 5) is 13.6. The van der Waals surface area contributed by atoms with Crippen LogP contribution < -0.4 is 9.47 Å². The lowest BCUT2D eigenvalue weighted by Crippen LogP contribution is -2.35. The molecule has 28 heavy (non-hydrogen) atoms. The Morgan fingerprint density at radius 1 is 1.32 bits per heavy atom. The zero-order chi connectivity index (χ0) is 20.1. The summed E-state index contributed by atoms with van der Waals surface area (Å²) >= 11 is 10.7. The van der Waals surface area contributed by atoms with Crippen molar-refractivity contribution in [3.8, 4) is 11.5 Å². The molecule has 0 saturated carbocycles. The lowest BCUT2D eigenvalue weighted by molar-refractivity contribution is -0.385. The molecule has 146 valence electrons. The van der Waals surface area contributed by atoms with Crippen molar-refractivity contribution in [3.05, 3.63) is 63.7 Å². The SMILES string of the molecule is COc1cc(C(=S)N2CCC[C@H]2C=S)c([N+](=O)[O-])cc1OCc1ccccc1. The zero-order valence-electron chi connectivity index (χ0n) is 15.4. The van der Waals surface area contributed by atoms with Crippen LogP contribution >= 0.6 is 24.4 Å². The molecule has 0 N–H and O–H groups in total. The Bertz CT molecular complexity index is 889. The normalized spacial score (nSPS) is 15.9. The molecule has 0 spiro atoms. The van der Waals surface area contributed by atoms with Gasteiger partial charge in [-0.15, -0.1) is 0 Å². The van der Waals surface area contributed by atoms with E-state index in [0.29, 0.717) is 22.1 Å². The third-order valence-electron chi connectivity index (χ3n) is 4.66. The van der Waals surface area contributed by atoms with Crippen molar-refractivity contribution in [3.63, 3.8) is 0 Å². The first-order valence-electron chi connectivity index (χ1n) is 8.84. The van der Waals surface area contributed by atoms with E-state index < -0.39 is 4.92 Å². The van der Waals surface area contributed by atoms with Gasteiger partial charge in [-0.2, -0.15) is 0 Å². The predicted octanol–water partition coefficient (Wildman–Crippen LogP) is 4.32. The number of hydrogen-bond acceptors (Lipinski definition) is 6. The van der Waals surface area contributed by atoms with Crippen LogP contribution in [0.3, 0.4) is 0 Å². The summed E-state index contributed by atoms with van der Waals surface area (Å²) in [5.41, 5.74) is 1.18. The van der Waals surface area contributed by atoms with Crippen molar-refractivity contribution in [1.29, 1.82) is 0 Å². The molecule has 1 fully saturated rings. The number of thiocarbonyl (C=S) groups is 2. The summed E-state index contributed by atoms with van der Waals surface area (Å²) in [5, 5.41) is 13.4. The molecule has 0 amide bonds. The fourth-order valence-corrected chi connectivity index (χ4v) is 3.89. The van der Waals surface area contributed by atoms with Gasteiger partial charge in [-0.1, -0.05) is 54.8 Å². The molecule has 0 unspecified atom stereocenters. The van der Waals surface area contributed by atoms with E-state index in [0.717, 1.165) is 24.9 Å². The van der Waals surface area contributed by atoms with E-state index in [9.17, 15) is 10.1 Å². The molecule has 2 aromatic rings. The lowest BCUT2D eigenvalue weighted by atomic mass is 10.1. The van der Waals surface area contributed by atoms with Crippen LogP contribution in [-0.2, 0) is 6.61 Å². The first kappa shape index (κ1) is 20.2. The average Bonchev–Trinajstić information content (AvgIpc) is 3.20. The number of nitro groups is 1. The smallest absolute Gasteiger partial charge is 0.283 e. The third kappa shape index (κ3) is 4.28. The number of ether oxygens (including phenoxy) is 2. The summed E-state index contributed by atoms with van der Waals surface area (Å²) in [7, 11) is 1.50. The van der Waals surface area contributed by atoms with Crippen molar-refractivity contribution in [2.75, 3.05) is 13.7 Å². The molecule has 0 aromatic heterocycles. The van der Waals surface area contributed by atoms with Crippen LogP contribution in [0, 0.1) is 10.1 Å². The van der Waals surface area contributed by atoms with Gasteiger partial charge >= 0.3 is 0 Å². The zero-order valence-corrected chi connectivity index (χ0v) is 17.0. The Hall–Kier alpha value is -2.58. The number of nitrogens with zero attached hydrogens (tertiary/aromatic N) is 2. The van der Waals surface area contributed by atoms with Crippen molar-refractivity contribution in [2.45, 2.75) is 25.5 Å². The molecule has 1 aliphatic rings. The van der Waals surface area contributed by atoms with Gasteiger partial charge in [0, 0.05) is 18.0 Å². The van der Waals surface area contributed by atoms with Crippen LogP contribution in [0.5, 0.6) is 11.5 Å². The van der Waals surface area contributed by atoms with Crippen LogP contribution in [-0.4, -0.2) is 39.9 Å². The molecule has 1 aliphatic heterocycles. The Morgan fingerprint density at radius 2 is 2.07 bits per heavy atom. The molecule has 0 radical (unpaired) electrons. The van der Waals surface area contributed by atoms with Gasteiger partial charge in [0.2, 0.25) is 0 Å². The highest BCUT2D eigenvalue weighted by molar-refractivity contribution is 7.80. The standard InChI is InChI=1S/C20H20N2O4S2/c1-25-18-10-16(20(28)21-9-5-8-15(21)13-27)17(22(23)24)11-19(18)26-12-14-6-3-2-4-7-14/h2-4,6-7,10-11,13,15H,5,8-9,12H2,1H3/t15-/m0/s1. The number of methoxy groups -OCH3 is 1. The van der Waals surface area contributed by atoms with Crippen molar-refractivity contribution < 1.29 is 14.4 Å². The van der Waals surface area contributed by atoms with Gasteiger partial charge in [-0.05, 0) is 18.4 Å². The molecule has 8 heteroatoms. The quantitative estimate of drug-likeness (QED) is 0.378. The summed E-state index contributed by atoms with van der Waals surface area (Å²) < 4.78 is 11.2. The van der Waals surface area contributed by atoms with Crippen LogP contribution in [0.15, 0.2) is 42.5 Å². The van der Waals surface area contributed by atoms with Crippen molar-refractivity contribution in [1.82, 2.24) is 4.90 Å². The van der Waals surface area contributed by atoms with Crippen molar-refractivity contribution in [2.24, 2.45) is 0 Å². The minimum absolute atomic E-state index is 0.0158. The number of rotatable bonds is 7. The van der Waals surface area contributed by atoms with Gasteiger partial charge in [0.05, 0.1) is 29.7 Å². The molecule has 0 bridgehead atoms. The molecular formula is C20H20N2O4S2. The van der Waals surface area contributed by atoms with Gasteiger partial charge in [0.1, 0.15) is 11.6 Å². The summed E-state index contributed by atoms with van der Waals surface area (Å²) in [6.07, 6.45) is 1.84. The van der Waals surface area contributed by atoms with E-state index in [1.54, 1.807) is 11.4 Å². The first-order chi connectivity index (χ1) is 13.5. The third-order valence-corrected chi connectivity index (χ3v) is 5.43. The lowest BCUT2D eigenvalue weighted by Gasteiger charge is -2.24. The number of benzene rings is 2. The van der Waals surface area contributed by atoms with Crippen molar-refractivity contribution >= 4 is 40.5 Å². The van der Waals surface area contributed by atoms with Gasteiger partial charge in [0.25, 0.3) is 5.69 Å². The van der Waals surface area contributed by atoms with E-state index in [1.165, 1.54) is 13.2 Å². The van der Waals surface area contributed by atoms with Gasteiger partial charge < -0.3 is 14.4 Å². The van der Waals surface area contributed by atoms with Gasteiger partial charge in [-0.3, -0.25) is 10.1 Å². The molecule has 1 heterocycles. The topological polar surface area (TPSA) is 64.8 Å². The van der Waals surface area contributed by atoms with E-state index in [1.807, 2.05) is 35.2 Å².